The van der Waals surface area contributed by atoms with Crippen molar-refractivity contribution in [2.75, 3.05) is 7.11 Å². The number of benzene rings is 3. The minimum atomic E-state index is -0.770. The van der Waals surface area contributed by atoms with Crippen LogP contribution < -0.4 is 9.47 Å². The zero-order valence-electron chi connectivity index (χ0n) is 20.9. The summed E-state index contributed by atoms with van der Waals surface area (Å²) in [4.78, 5) is 11.2. The van der Waals surface area contributed by atoms with Gasteiger partial charge in [-0.25, -0.2) is 4.39 Å². The first-order chi connectivity index (χ1) is 16.6. The van der Waals surface area contributed by atoms with E-state index in [2.05, 4.69) is 26.8 Å². The van der Waals surface area contributed by atoms with E-state index in [1.165, 1.54) is 11.6 Å². The number of aryl methyl sites for hydroxylation is 1. The van der Waals surface area contributed by atoms with Gasteiger partial charge in [0.05, 0.1) is 13.5 Å². The van der Waals surface area contributed by atoms with Crippen LogP contribution in [0.5, 0.6) is 11.5 Å². The molecule has 0 aromatic heterocycles. The molecule has 0 heterocycles. The lowest BCUT2D eigenvalue weighted by Crippen LogP contribution is -2.11. The predicted molar refractivity (Wildman–Crippen MR) is 136 cm³/mol. The first-order valence-corrected chi connectivity index (χ1v) is 12.1. The van der Waals surface area contributed by atoms with Crippen molar-refractivity contribution in [3.63, 3.8) is 0 Å². The highest BCUT2D eigenvalue weighted by atomic mass is 19.1. The summed E-state index contributed by atoms with van der Waals surface area (Å²) >= 11 is 0. The van der Waals surface area contributed by atoms with Crippen LogP contribution in [0.4, 0.5) is 4.39 Å². The number of fused-ring (bicyclic) bond motifs is 1. The Morgan fingerprint density at radius 1 is 1.03 bits per heavy atom. The van der Waals surface area contributed by atoms with Crippen molar-refractivity contribution in [2.24, 2.45) is 5.41 Å². The van der Waals surface area contributed by atoms with Crippen molar-refractivity contribution >= 4 is 5.97 Å². The third-order valence-corrected chi connectivity index (χ3v) is 6.50. The van der Waals surface area contributed by atoms with Crippen LogP contribution in [0.1, 0.15) is 61.8 Å². The molecule has 0 saturated heterocycles. The third-order valence-electron chi connectivity index (χ3n) is 6.50. The normalized spacial score (nSPS) is 15.1. The summed E-state index contributed by atoms with van der Waals surface area (Å²) in [5.41, 5.74) is 5.75. The van der Waals surface area contributed by atoms with Crippen molar-refractivity contribution in [1.29, 1.82) is 0 Å². The van der Waals surface area contributed by atoms with Gasteiger partial charge in [-0.15, -0.1) is 0 Å². The number of ether oxygens (including phenoxy) is 2. The fraction of sp³-hybridized carbons (Fsp3) is 0.367. The Hall–Kier alpha value is -3.34. The van der Waals surface area contributed by atoms with Gasteiger partial charge in [0.2, 0.25) is 0 Å². The Labute approximate surface area is 206 Å². The van der Waals surface area contributed by atoms with Crippen LogP contribution in [0, 0.1) is 11.2 Å². The Bertz CT molecular complexity index is 1230. The Balaban J connectivity index is 1.59. The van der Waals surface area contributed by atoms with Gasteiger partial charge < -0.3 is 14.6 Å². The minimum absolute atomic E-state index is 0.0166. The summed E-state index contributed by atoms with van der Waals surface area (Å²) < 4.78 is 26.2. The van der Waals surface area contributed by atoms with Crippen LogP contribution in [-0.4, -0.2) is 18.2 Å². The van der Waals surface area contributed by atoms with E-state index in [1.54, 1.807) is 19.2 Å². The summed E-state index contributed by atoms with van der Waals surface area (Å²) in [6.07, 6.45) is 2.70. The fourth-order valence-corrected chi connectivity index (χ4v) is 4.90. The van der Waals surface area contributed by atoms with Gasteiger partial charge in [0.25, 0.3) is 0 Å². The topological polar surface area (TPSA) is 55.8 Å². The average Bonchev–Trinajstić information content (AvgIpc) is 3.19. The predicted octanol–water partition coefficient (Wildman–Crippen LogP) is 7.17. The highest BCUT2D eigenvalue weighted by Gasteiger charge is 2.25. The lowest BCUT2D eigenvalue weighted by Gasteiger charge is -2.22. The first kappa shape index (κ1) is 24.8. The van der Waals surface area contributed by atoms with E-state index < -0.39 is 5.97 Å². The van der Waals surface area contributed by atoms with Crippen LogP contribution in [0.25, 0.3) is 11.1 Å². The monoisotopic (exact) mass is 476 g/mol. The number of carboxylic acids is 1. The van der Waals surface area contributed by atoms with Crippen molar-refractivity contribution in [3.8, 4) is 22.6 Å². The SMILES string of the molecule is COc1ccc(F)c(-c2ccc(COc3ccc4c(c3)C(CC(=O)O)CC4)cc2CC(C)(C)C)c1. The molecule has 35 heavy (non-hydrogen) atoms. The van der Waals surface area contributed by atoms with E-state index in [9.17, 15) is 14.3 Å². The van der Waals surface area contributed by atoms with Gasteiger partial charge in [-0.05, 0) is 88.7 Å². The van der Waals surface area contributed by atoms with E-state index in [0.717, 1.165) is 47.3 Å². The van der Waals surface area contributed by atoms with Gasteiger partial charge in [0, 0.05) is 5.56 Å². The molecule has 1 unspecified atom stereocenters. The lowest BCUT2D eigenvalue weighted by molar-refractivity contribution is -0.137. The molecule has 1 aliphatic rings. The summed E-state index contributed by atoms with van der Waals surface area (Å²) in [5.74, 6) is 0.350. The molecule has 0 aliphatic heterocycles. The highest BCUT2D eigenvalue weighted by molar-refractivity contribution is 5.70. The molecular weight excluding hydrogens is 443 g/mol. The number of aliphatic carboxylic acids is 1. The average molecular weight is 477 g/mol. The van der Waals surface area contributed by atoms with Gasteiger partial charge >= 0.3 is 5.97 Å². The molecular formula is C30H33FO4. The van der Waals surface area contributed by atoms with E-state index in [0.29, 0.717) is 17.9 Å². The summed E-state index contributed by atoms with van der Waals surface area (Å²) in [7, 11) is 1.58. The van der Waals surface area contributed by atoms with Gasteiger partial charge in [0.1, 0.15) is 23.9 Å². The van der Waals surface area contributed by atoms with Crippen LogP contribution in [0.15, 0.2) is 54.6 Å². The molecule has 0 bridgehead atoms. The number of carboxylic acid groups (broad SMARTS) is 1. The van der Waals surface area contributed by atoms with Gasteiger partial charge in [-0.2, -0.15) is 0 Å². The van der Waals surface area contributed by atoms with E-state index >= 15 is 0 Å². The smallest absolute Gasteiger partial charge is 0.303 e. The molecule has 3 aromatic carbocycles. The summed E-state index contributed by atoms with van der Waals surface area (Å²) in [6, 6.07) is 16.8. The number of methoxy groups -OCH3 is 1. The van der Waals surface area contributed by atoms with Crippen LogP contribution >= 0.6 is 0 Å². The Kier molecular flexibility index (Phi) is 7.15. The van der Waals surface area contributed by atoms with Crippen LogP contribution in [0.2, 0.25) is 0 Å². The van der Waals surface area contributed by atoms with Crippen LogP contribution in [0.3, 0.4) is 0 Å². The highest BCUT2D eigenvalue weighted by Crippen LogP contribution is 2.38. The molecule has 1 aliphatic carbocycles. The van der Waals surface area contributed by atoms with Crippen molar-refractivity contribution in [2.45, 2.75) is 59.0 Å². The Morgan fingerprint density at radius 2 is 1.80 bits per heavy atom. The van der Waals surface area contributed by atoms with Gasteiger partial charge in [0.15, 0.2) is 0 Å². The fourth-order valence-electron chi connectivity index (χ4n) is 4.90. The maximum atomic E-state index is 14.8. The van der Waals surface area contributed by atoms with E-state index in [4.69, 9.17) is 9.47 Å². The Morgan fingerprint density at radius 3 is 2.51 bits per heavy atom. The number of hydrogen-bond acceptors (Lipinski definition) is 3. The van der Waals surface area contributed by atoms with Gasteiger partial charge in [-0.1, -0.05) is 45.0 Å². The second-order valence-electron chi connectivity index (χ2n) is 10.6. The molecule has 184 valence electrons. The van der Waals surface area contributed by atoms with Crippen molar-refractivity contribution in [3.05, 3.63) is 82.7 Å². The third kappa shape index (κ3) is 6.02. The second-order valence-corrected chi connectivity index (χ2v) is 10.6. The van der Waals surface area contributed by atoms with Crippen molar-refractivity contribution in [1.82, 2.24) is 0 Å². The number of halogens is 1. The minimum Gasteiger partial charge on any atom is -0.497 e. The zero-order chi connectivity index (χ0) is 25.2. The molecule has 0 radical (unpaired) electrons. The van der Waals surface area contributed by atoms with Gasteiger partial charge in [-0.3, -0.25) is 4.79 Å². The number of carbonyl (C=O) groups is 1. The largest absolute Gasteiger partial charge is 0.497 e. The zero-order valence-corrected chi connectivity index (χ0v) is 20.9. The first-order valence-electron chi connectivity index (χ1n) is 12.1. The number of rotatable bonds is 8. The second kappa shape index (κ2) is 10.1. The summed E-state index contributed by atoms with van der Waals surface area (Å²) in [6.45, 7) is 6.88. The molecule has 5 heteroatoms. The maximum Gasteiger partial charge on any atom is 0.303 e. The lowest BCUT2D eigenvalue weighted by atomic mass is 9.84. The molecule has 1 N–H and O–H groups in total. The molecule has 0 spiro atoms. The summed E-state index contributed by atoms with van der Waals surface area (Å²) in [5, 5.41) is 9.22. The standard InChI is InChI=1S/C30H33FO4/c1-30(2,3)17-22-13-19(5-11-25(22)27-15-23(34-4)10-12-28(27)31)18-35-24-9-8-20-6-7-21(14-29(32)33)26(20)16-24/h5,8-13,15-16,21H,6-7,14,17-18H2,1-4H3,(H,32,33). The molecule has 0 fully saturated rings. The molecule has 4 rings (SSSR count). The van der Waals surface area contributed by atoms with E-state index in [-0.39, 0.29) is 23.6 Å². The molecule has 0 amide bonds. The number of hydrogen-bond donors (Lipinski definition) is 1. The molecule has 4 nitrogen and oxygen atoms in total. The van der Waals surface area contributed by atoms with Crippen molar-refractivity contribution < 1.29 is 23.8 Å². The maximum absolute atomic E-state index is 14.8. The molecule has 0 saturated carbocycles. The van der Waals surface area contributed by atoms with E-state index in [1.807, 2.05) is 30.3 Å². The quantitative estimate of drug-likeness (QED) is 0.374. The molecule has 1 atom stereocenters. The van der Waals surface area contributed by atoms with Crippen LogP contribution in [-0.2, 0) is 24.2 Å². The molecule has 3 aromatic rings.